The van der Waals surface area contributed by atoms with Crippen LogP contribution in [-0.4, -0.2) is 0 Å². The molecule has 1 aliphatic carbocycles. The molecule has 1 heteroatoms. The maximum atomic E-state index is 4.16. The molecule has 1 saturated carbocycles. The second kappa shape index (κ2) is 5.90. The highest BCUT2D eigenvalue weighted by Gasteiger charge is 2.14. The van der Waals surface area contributed by atoms with Crippen LogP contribution in [0.25, 0.3) is 0 Å². The highest BCUT2D eigenvalue weighted by atomic mass is 14.9. The van der Waals surface area contributed by atoms with Crippen molar-refractivity contribution in [3.63, 3.8) is 0 Å². The molecule has 2 rings (SSSR count). The third-order valence-corrected chi connectivity index (χ3v) is 3.63. The average Bonchev–Trinajstić information content (AvgIpc) is 2.33. The number of nitrogens with one attached hydrogen (secondary N) is 1. The molecule has 92 valence electrons. The van der Waals surface area contributed by atoms with Gasteiger partial charge in [0.05, 0.1) is 0 Å². The van der Waals surface area contributed by atoms with Crippen molar-refractivity contribution in [2.45, 2.75) is 45.4 Å². The minimum absolute atomic E-state index is 0.856. The summed E-state index contributed by atoms with van der Waals surface area (Å²) in [6.45, 7) is 6.27. The van der Waals surface area contributed by atoms with Gasteiger partial charge in [0.25, 0.3) is 0 Å². The van der Waals surface area contributed by atoms with Gasteiger partial charge in [-0.2, -0.15) is 0 Å². The smallest absolute Gasteiger partial charge is 0.0381 e. The molecular formula is C16H23N. The van der Waals surface area contributed by atoms with E-state index >= 15 is 0 Å². The van der Waals surface area contributed by atoms with Crippen LogP contribution in [0.15, 0.2) is 36.5 Å². The Labute approximate surface area is 105 Å². The van der Waals surface area contributed by atoms with Gasteiger partial charge in [0, 0.05) is 11.4 Å². The van der Waals surface area contributed by atoms with Gasteiger partial charge in [-0.1, -0.05) is 56.4 Å². The monoisotopic (exact) mass is 229 g/mol. The predicted molar refractivity (Wildman–Crippen MR) is 75.1 cm³/mol. The highest BCUT2D eigenvalue weighted by Crippen LogP contribution is 2.28. The van der Waals surface area contributed by atoms with Crippen molar-refractivity contribution < 1.29 is 0 Å². The average molecular weight is 229 g/mol. The summed E-state index contributed by atoms with van der Waals surface area (Å²) in [5, 5.41) is 3.42. The summed E-state index contributed by atoms with van der Waals surface area (Å²) in [5.41, 5.74) is 3.63. The Morgan fingerprint density at radius 1 is 1.18 bits per heavy atom. The summed E-state index contributed by atoms with van der Waals surface area (Å²) >= 11 is 0. The number of rotatable bonds is 4. The zero-order valence-corrected chi connectivity index (χ0v) is 10.8. The minimum Gasteiger partial charge on any atom is -0.359 e. The van der Waals surface area contributed by atoms with E-state index in [1.54, 1.807) is 0 Å². The van der Waals surface area contributed by atoms with Crippen LogP contribution in [0.5, 0.6) is 0 Å². The Balaban J connectivity index is 1.82. The van der Waals surface area contributed by atoms with Gasteiger partial charge in [-0.3, -0.25) is 0 Å². The highest BCUT2D eigenvalue weighted by molar-refractivity contribution is 5.48. The molecule has 0 radical (unpaired) electrons. The number of aryl methyl sites for hydroxylation is 1. The first kappa shape index (κ1) is 12.2. The Bertz CT molecular complexity index is 358. The van der Waals surface area contributed by atoms with Crippen molar-refractivity contribution in [2.75, 3.05) is 5.32 Å². The van der Waals surface area contributed by atoms with Crippen LogP contribution < -0.4 is 5.32 Å². The molecule has 0 atom stereocenters. The van der Waals surface area contributed by atoms with Crippen LogP contribution in [0.1, 0.15) is 44.1 Å². The predicted octanol–water partition coefficient (Wildman–Crippen LogP) is 4.89. The van der Waals surface area contributed by atoms with Crippen LogP contribution >= 0.6 is 0 Å². The lowest BCUT2D eigenvalue weighted by Gasteiger charge is -2.22. The first-order valence-corrected chi connectivity index (χ1v) is 6.75. The molecule has 0 heterocycles. The molecule has 0 aliphatic heterocycles. The van der Waals surface area contributed by atoms with Gasteiger partial charge >= 0.3 is 0 Å². The third kappa shape index (κ3) is 3.92. The van der Waals surface area contributed by atoms with Crippen molar-refractivity contribution in [2.24, 2.45) is 5.92 Å². The number of allylic oxidation sites excluding steroid dienone is 1. The molecule has 1 aromatic rings. The number of benzene rings is 1. The molecule has 0 aromatic heterocycles. The fourth-order valence-electron chi connectivity index (χ4n) is 2.63. The van der Waals surface area contributed by atoms with Crippen molar-refractivity contribution in [1.29, 1.82) is 0 Å². The van der Waals surface area contributed by atoms with Crippen molar-refractivity contribution >= 4 is 5.69 Å². The first-order chi connectivity index (χ1) is 8.24. The summed E-state index contributed by atoms with van der Waals surface area (Å²) in [7, 11) is 0. The van der Waals surface area contributed by atoms with Gasteiger partial charge in [0.2, 0.25) is 0 Å². The quantitative estimate of drug-likeness (QED) is 0.775. The lowest BCUT2D eigenvalue weighted by molar-refractivity contribution is 0.357. The number of anilines is 1. The fraction of sp³-hybridized carbons (Fsp3) is 0.500. The Morgan fingerprint density at radius 3 is 2.47 bits per heavy atom. The van der Waals surface area contributed by atoms with E-state index in [1.165, 1.54) is 43.4 Å². The molecule has 0 spiro atoms. The molecule has 0 unspecified atom stereocenters. The van der Waals surface area contributed by atoms with Gasteiger partial charge < -0.3 is 5.32 Å². The molecule has 1 aliphatic rings. The molecule has 0 bridgehead atoms. The maximum Gasteiger partial charge on any atom is 0.0381 e. The van der Waals surface area contributed by atoms with E-state index in [0.29, 0.717) is 0 Å². The van der Waals surface area contributed by atoms with E-state index in [2.05, 4.69) is 43.1 Å². The van der Waals surface area contributed by atoms with Crippen molar-refractivity contribution in [1.82, 2.24) is 0 Å². The zero-order valence-electron chi connectivity index (χ0n) is 10.8. The molecule has 1 N–H and O–H groups in total. The summed E-state index contributed by atoms with van der Waals surface area (Å²) in [6.07, 6.45) is 8.14. The van der Waals surface area contributed by atoms with Crippen LogP contribution in [0.3, 0.4) is 0 Å². The van der Waals surface area contributed by atoms with E-state index in [1.807, 2.05) is 0 Å². The molecule has 0 amide bonds. The topological polar surface area (TPSA) is 12.0 Å². The van der Waals surface area contributed by atoms with E-state index in [0.717, 1.165) is 18.0 Å². The maximum absolute atomic E-state index is 4.16. The summed E-state index contributed by atoms with van der Waals surface area (Å²) in [6, 6.07) is 8.52. The van der Waals surface area contributed by atoms with Crippen LogP contribution in [0.2, 0.25) is 0 Å². The molecular weight excluding hydrogens is 206 g/mol. The molecule has 0 saturated heterocycles. The standard InChI is InChI=1S/C16H23N/c1-13-8-10-16(11-9-13)17-14(2)12-15-6-4-3-5-7-15/h8-11,15,17H,2-7,12H2,1H3. The van der Waals surface area contributed by atoms with Crippen LogP contribution in [0.4, 0.5) is 5.69 Å². The second-order valence-corrected chi connectivity index (χ2v) is 5.30. The lowest BCUT2D eigenvalue weighted by atomic mass is 9.86. The molecule has 1 nitrogen and oxygen atoms in total. The summed E-state index contributed by atoms with van der Waals surface area (Å²) in [4.78, 5) is 0. The molecule has 17 heavy (non-hydrogen) atoms. The Hall–Kier alpha value is -1.24. The van der Waals surface area contributed by atoms with Crippen LogP contribution in [-0.2, 0) is 0 Å². The largest absolute Gasteiger partial charge is 0.359 e. The van der Waals surface area contributed by atoms with E-state index < -0.39 is 0 Å². The number of hydrogen-bond donors (Lipinski definition) is 1. The normalized spacial score (nSPS) is 16.8. The van der Waals surface area contributed by atoms with Gasteiger partial charge in [0.1, 0.15) is 0 Å². The number of hydrogen-bond acceptors (Lipinski definition) is 1. The van der Waals surface area contributed by atoms with Crippen LogP contribution in [0, 0.1) is 12.8 Å². The van der Waals surface area contributed by atoms with E-state index in [-0.39, 0.29) is 0 Å². The first-order valence-electron chi connectivity index (χ1n) is 6.75. The summed E-state index contributed by atoms with van der Waals surface area (Å²) in [5.74, 6) is 0.856. The SMILES string of the molecule is C=C(CC1CCCCC1)Nc1ccc(C)cc1. The van der Waals surface area contributed by atoms with Crippen molar-refractivity contribution in [3.05, 3.63) is 42.1 Å². The zero-order chi connectivity index (χ0) is 12.1. The fourth-order valence-corrected chi connectivity index (χ4v) is 2.63. The third-order valence-electron chi connectivity index (χ3n) is 3.63. The van der Waals surface area contributed by atoms with Gasteiger partial charge in [-0.15, -0.1) is 0 Å². The van der Waals surface area contributed by atoms with Gasteiger partial charge in [0.15, 0.2) is 0 Å². The van der Waals surface area contributed by atoms with E-state index in [9.17, 15) is 0 Å². The minimum atomic E-state index is 0.856. The van der Waals surface area contributed by atoms with Gasteiger partial charge in [-0.05, 0) is 31.4 Å². The lowest BCUT2D eigenvalue weighted by Crippen LogP contribution is -2.10. The second-order valence-electron chi connectivity index (χ2n) is 5.30. The van der Waals surface area contributed by atoms with Gasteiger partial charge in [-0.25, -0.2) is 0 Å². The Kier molecular flexibility index (Phi) is 4.24. The van der Waals surface area contributed by atoms with Crippen molar-refractivity contribution in [3.8, 4) is 0 Å². The molecule has 1 fully saturated rings. The van der Waals surface area contributed by atoms with E-state index in [4.69, 9.17) is 0 Å². The Morgan fingerprint density at radius 2 is 1.82 bits per heavy atom. The molecule has 1 aromatic carbocycles. The summed E-state index contributed by atoms with van der Waals surface area (Å²) < 4.78 is 0.